The van der Waals surface area contributed by atoms with Crippen LogP contribution >= 0.6 is 15.9 Å². The van der Waals surface area contributed by atoms with Gasteiger partial charge in [-0.1, -0.05) is 33.6 Å². The first-order chi connectivity index (χ1) is 11.9. The van der Waals surface area contributed by atoms with Crippen molar-refractivity contribution in [1.82, 2.24) is 5.32 Å². The number of hydrogen-bond acceptors (Lipinski definition) is 3. The molecule has 2 atom stereocenters. The molecule has 2 aliphatic rings. The minimum absolute atomic E-state index is 0.116. The van der Waals surface area contributed by atoms with E-state index >= 15 is 0 Å². The third kappa shape index (κ3) is 2.56. The third-order valence-electron chi connectivity index (χ3n) is 4.81. The Labute approximate surface area is 155 Å². The summed E-state index contributed by atoms with van der Waals surface area (Å²) in [5, 5.41) is 3.10. The fourth-order valence-corrected chi connectivity index (χ4v) is 4.09. The van der Waals surface area contributed by atoms with E-state index in [1.807, 2.05) is 50.2 Å². The van der Waals surface area contributed by atoms with E-state index in [1.165, 1.54) is 0 Å². The highest BCUT2D eigenvalue weighted by Crippen LogP contribution is 2.50. The van der Waals surface area contributed by atoms with E-state index in [0.717, 1.165) is 21.3 Å². The van der Waals surface area contributed by atoms with Crippen molar-refractivity contribution in [2.75, 3.05) is 12.0 Å². The Morgan fingerprint density at radius 2 is 2.04 bits per heavy atom. The molecule has 4 rings (SSSR count). The lowest BCUT2D eigenvalue weighted by Gasteiger charge is -2.50. The van der Waals surface area contributed by atoms with Crippen molar-refractivity contribution in [1.29, 1.82) is 0 Å². The highest BCUT2D eigenvalue weighted by Gasteiger charge is 2.50. The number of benzene rings is 2. The SMILES string of the molecule is COc1cc(Br)cc2c1O[C@]1(C)CC2NC(=O)N1c1ccc(C)cc1. The standard InChI is InChI=1S/C19H19BrN2O3/c1-11-4-6-13(7-5-11)22-18(23)21-15-10-19(22,2)25-17-14(15)8-12(20)9-16(17)24-3/h4-9,15H,10H2,1-3H3,(H,21,23)/t15?,19-/m1/s1. The van der Waals surface area contributed by atoms with Crippen molar-refractivity contribution in [2.24, 2.45) is 0 Å². The number of fused-ring (bicyclic) bond motifs is 4. The predicted molar refractivity (Wildman–Crippen MR) is 99.3 cm³/mol. The van der Waals surface area contributed by atoms with E-state index in [0.29, 0.717) is 17.9 Å². The summed E-state index contributed by atoms with van der Waals surface area (Å²) in [5.41, 5.74) is 2.10. The van der Waals surface area contributed by atoms with E-state index in [1.54, 1.807) is 12.0 Å². The number of nitrogens with one attached hydrogen (secondary N) is 1. The van der Waals surface area contributed by atoms with Crippen LogP contribution in [0.3, 0.4) is 0 Å². The van der Waals surface area contributed by atoms with Gasteiger partial charge in [-0.25, -0.2) is 4.79 Å². The average molecular weight is 403 g/mol. The molecule has 0 aromatic heterocycles. The number of amides is 2. The normalized spacial score (nSPS) is 24.2. The lowest BCUT2D eigenvalue weighted by atomic mass is 9.90. The maximum Gasteiger partial charge on any atom is 0.325 e. The zero-order chi connectivity index (χ0) is 17.8. The molecule has 6 heteroatoms. The van der Waals surface area contributed by atoms with Crippen LogP contribution in [0.25, 0.3) is 0 Å². The fourth-order valence-electron chi connectivity index (χ4n) is 3.64. The molecule has 2 bridgehead atoms. The van der Waals surface area contributed by atoms with Crippen molar-refractivity contribution in [3.63, 3.8) is 0 Å². The maximum atomic E-state index is 12.8. The minimum Gasteiger partial charge on any atom is -0.493 e. The van der Waals surface area contributed by atoms with Crippen LogP contribution in [0.5, 0.6) is 11.5 Å². The van der Waals surface area contributed by atoms with Crippen LogP contribution in [0, 0.1) is 6.92 Å². The lowest BCUT2D eigenvalue weighted by molar-refractivity contribution is 0.0349. The first kappa shape index (κ1) is 16.3. The second kappa shape index (κ2) is 5.66. The van der Waals surface area contributed by atoms with Gasteiger partial charge >= 0.3 is 6.03 Å². The number of rotatable bonds is 2. The molecule has 130 valence electrons. The fraction of sp³-hybridized carbons (Fsp3) is 0.316. The number of anilines is 1. The summed E-state index contributed by atoms with van der Waals surface area (Å²) >= 11 is 3.50. The molecule has 2 aromatic carbocycles. The number of methoxy groups -OCH3 is 1. The molecule has 2 heterocycles. The molecule has 0 spiro atoms. The van der Waals surface area contributed by atoms with Gasteiger partial charge in [0.2, 0.25) is 0 Å². The molecule has 0 aliphatic carbocycles. The van der Waals surface area contributed by atoms with Crippen LogP contribution in [0.4, 0.5) is 10.5 Å². The van der Waals surface area contributed by atoms with Gasteiger partial charge in [-0.2, -0.15) is 0 Å². The quantitative estimate of drug-likeness (QED) is 0.802. The van der Waals surface area contributed by atoms with E-state index < -0.39 is 5.72 Å². The average Bonchev–Trinajstić information content (AvgIpc) is 2.56. The van der Waals surface area contributed by atoms with Crippen molar-refractivity contribution >= 4 is 27.6 Å². The van der Waals surface area contributed by atoms with Gasteiger partial charge in [-0.15, -0.1) is 0 Å². The summed E-state index contributed by atoms with van der Waals surface area (Å²) in [5.74, 6) is 1.34. The van der Waals surface area contributed by atoms with Crippen LogP contribution in [0.1, 0.15) is 30.5 Å². The Morgan fingerprint density at radius 1 is 1.32 bits per heavy atom. The zero-order valence-electron chi connectivity index (χ0n) is 14.3. The molecule has 0 saturated carbocycles. The number of ether oxygens (including phenoxy) is 2. The van der Waals surface area contributed by atoms with Crippen LogP contribution in [0.2, 0.25) is 0 Å². The Kier molecular flexibility index (Phi) is 3.68. The highest BCUT2D eigenvalue weighted by molar-refractivity contribution is 9.10. The third-order valence-corrected chi connectivity index (χ3v) is 5.27. The summed E-state index contributed by atoms with van der Waals surface area (Å²) in [7, 11) is 1.62. The first-order valence-corrected chi connectivity index (χ1v) is 8.94. The van der Waals surface area contributed by atoms with Crippen LogP contribution < -0.4 is 19.7 Å². The van der Waals surface area contributed by atoms with E-state index in [-0.39, 0.29) is 12.1 Å². The van der Waals surface area contributed by atoms with Gasteiger partial charge in [0.15, 0.2) is 17.2 Å². The topological polar surface area (TPSA) is 50.8 Å². The van der Waals surface area contributed by atoms with Gasteiger partial charge in [0, 0.05) is 22.1 Å². The molecule has 5 nitrogen and oxygen atoms in total. The van der Waals surface area contributed by atoms with Crippen molar-refractivity contribution in [3.05, 3.63) is 52.0 Å². The van der Waals surface area contributed by atoms with Crippen LogP contribution in [0.15, 0.2) is 40.9 Å². The molecule has 0 radical (unpaired) electrons. The van der Waals surface area contributed by atoms with Gasteiger partial charge in [0.1, 0.15) is 0 Å². The summed E-state index contributed by atoms with van der Waals surface area (Å²) in [6.07, 6.45) is 0.652. The summed E-state index contributed by atoms with van der Waals surface area (Å²) in [6.45, 7) is 3.97. The Hall–Kier alpha value is -2.21. The summed E-state index contributed by atoms with van der Waals surface area (Å²) < 4.78 is 12.7. The van der Waals surface area contributed by atoms with E-state index in [2.05, 4.69) is 21.2 Å². The van der Waals surface area contributed by atoms with Gasteiger partial charge in [-0.3, -0.25) is 4.90 Å². The highest BCUT2D eigenvalue weighted by atomic mass is 79.9. The molecule has 1 N–H and O–H groups in total. The van der Waals surface area contributed by atoms with Gasteiger partial charge < -0.3 is 14.8 Å². The molecule has 2 amide bonds. The minimum atomic E-state index is -0.781. The second-order valence-corrected chi connectivity index (χ2v) is 7.60. The van der Waals surface area contributed by atoms with E-state index in [4.69, 9.17) is 9.47 Å². The van der Waals surface area contributed by atoms with Crippen LogP contribution in [-0.4, -0.2) is 18.9 Å². The molecular formula is C19H19BrN2O3. The molecule has 1 fully saturated rings. The van der Waals surface area contributed by atoms with Crippen molar-refractivity contribution < 1.29 is 14.3 Å². The Morgan fingerprint density at radius 3 is 2.72 bits per heavy atom. The smallest absolute Gasteiger partial charge is 0.325 e. The first-order valence-electron chi connectivity index (χ1n) is 8.15. The Balaban J connectivity index is 1.82. The molecule has 1 unspecified atom stereocenters. The molecular weight excluding hydrogens is 384 g/mol. The number of carbonyl (C=O) groups excluding carboxylic acids is 1. The maximum absolute atomic E-state index is 12.8. The predicted octanol–water partition coefficient (Wildman–Crippen LogP) is 4.54. The summed E-state index contributed by atoms with van der Waals surface area (Å²) in [6, 6.07) is 11.4. The van der Waals surface area contributed by atoms with E-state index in [9.17, 15) is 4.79 Å². The van der Waals surface area contributed by atoms with Gasteiger partial charge in [0.05, 0.1) is 13.2 Å². The number of halogens is 1. The number of carbonyl (C=O) groups is 1. The lowest BCUT2D eigenvalue weighted by Crippen LogP contribution is -2.65. The number of urea groups is 1. The molecule has 25 heavy (non-hydrogen) atoms. The van der Waals surface area contributed by atoms with Crippen molar-refractivity contribution in [2.45, 2.75) is 32.0 Å². The van der Waals surface area contributed by atoms with Gasteiger partial charge in [0.25, 0.3) is 0 Å². The molecule has 2 aromatic rings. The summed E-state index contributed by atoms with van der Waals surface area (Å²) in [4.78, 5) is 14.5. The van der Waals surface area contributed by atoms with Crippen molar-refractivity contribution in [3.8, 4) is 11.5 Å². The monoisotopic (exact) mass is 402 g/mol. The van der Waals surface area contributed by atoms with Gasteiger partial charge in [-0.05, 0) is 38.1 Å². The Bertz CT molecular complexity index is 852. The number of hydrogen-bond donors (Lipinski definition) is 1. The van der Waals surface area contributed by atoms with Crippen LogP contribution in [-0.2, 0) is 0 Å². The number of nitrogens with zero attached hydrogens (tertiary/aromatic N) is 1. The molecule has 2 aliphatic heterocycles. The zero-order valence-corrected chi connectivity index (χ0v) is 15.9. The second-order valence-electron chi connectivity index (χ2n) is 6.68. The molecule has 1 saturated heterocycles. The largest absolute Gasteiger partial charge is 0.493 e. The number of aryl methyl sites for hydroxylation is 1.